The third kappa shape index (κ3) is 6.20. The number of benzene rings is 1. The summed E-state index contributed by atoms with van der Waals surface area (Å²) in [5, 5.41) is 16.0. The number of likely N-dealkylation sites (N-methyl/N-ethyl adjacent to an activating group) is 1. The average molecular weight is 319 g/mol. The monoisotopic (exact) mass is 319 g/mol. The Morgan fingerprint density at radius 3 is 2.61 bits per heavy atom. The Balaban J connectivity index is 1.67. The quantitative estimate of drug-likeness (QED) is 0.721. The van der Waals surface area contributed by atoms with Crippen molar-refractivity contribution in [3.05, 3.63) is 35.9 Å². The molecule has 1 fully saturated rings. The van der Waals surface area contributed by atoms with Crippen LogP contribution in [0.2, 0.25) is 0 Å². The van der Waals surface area contributed by atoms with Crippen LogP contribution in [-0.2, 0) is 6.54 Å². The maximum absolute atomic E-state index is 11.9. The number of carbonyl (C=O) groups excluding carboxylic acids is 1. The lowest BCUT2D eigenvalue weighted by atomic mass is 10.0. The van der Waals surface area contributed by atoms with Crippen LogP contribution >= 0.6 is 0 Å². The molecule has 0 aromatic heterocycles. The second kappa shape index (κ2) is 8.31. The van der Waals surface area contributed by atoms with Crippen LogP contribution in [0.4, 0.5) is 4.79 Å². The molecular weight excluding hydrogens is 290 g/mol. The fraction of sp³-hybridized carbons (Fsp3) is 0.611. The Morgan fingerprint density at radius 1 is 1.30 bits per heavy atom. The molecule has 1 aliphatic rings. The Hall–Kier alpha value is -1.59. The highest BCUT2D eigenvalue weighted by atomic mass is 16.3. The molecule has 1 atom stereocenters. The summed E-state index contributed by atoms with van der Waals surface area (Å²) in [6.07, 6.45) is 3.65. The summed E-state index contributed by atoms with van der Waals surface area (Å²) in [5.74, 6) is 0. The maximum atomic E-state index is 11.9. The highest BCUT2D eigenvalue weighted by molar-refractivity contribution is 5.74. The Kier molecular flexibility index (Phi) is 6.42. The first-order valence-electron chi connectivity index (χ1n) is 8.46. The highest BCUT2D eigenvalue weighted by Gasteiger charge is 2.31. The van der Waals surface area contributed by atoms with Crippen LogP contribution in [0, 0.1) is 0 Å². The maximum Gasteiger partial charge on any atom is 0.315 e. The summed E-state index contributed by atoms with van der Waals surface area (Å²) in [7, 11) is 2.05. The minimum Gasteiger partial charge on any atom is -0.388 e. The van der Waals surface area contributed by atoms with E-state index in [0.717, 1.165) is 38.8 Å². The van der Waals surface area contributed by atoms with Gasteiger partial charge >= 0.3 is 6.03 Å². The first-order valence-corrected chi connectivity index (χ1v) is 8.46. The zero-order valence-corrected chi connectivity index (χ0v) is 14.2. The Morgan fingerprint density at radius 2 is 1.96 bits per heavy atom. The molecule has 0 aliphatic heterocycles. The summed E-state index contributed by atoms with van der Waals surface area (Å²) < 4.78 is 0. The van der Waals surface area contributed by atoms with E-state index in [0.29, 0.717) is 6.54 Å². The van der Waals surface area contributed by atoms with Crippen LogP contribution in [0.5, 0.6) is 0 Å². The van der Waals surface area contributed by atoms with Crippen LogP contribution in [0.3, 0.4) is 0 Å². The number of rotatable bonds is 7. The van der Waals surface area contributed by atoms with Gasteiger partial charge in [-0.1, -0.05) is 43.2 Å². The number of hydrogen-bond acceptors (Lipinski definition) is 3. The lowest BCUT2D eigenvalue weighted by molar-refractivity contribution is 0.0500. The van der Waals surface area contributed by atoms with E-state index in [1.54, 1.807) is 0 Å². The fourth-order valence-corrected chi connectivity index (χ4v) is 3.20. The topological polar surface area (TPSA) is 64.6 Å². The SMILES string of the molecule is CC(CN(C)Cc1ccccc1)NC(=O)NCC1(O)CCCC1. The second-order valence-corrected chi connectivity index (χ2v) is 6.84. The lowest BCUT2D eigenvalue weighted by Gasteiger charge is -2.25. The highest BCUT2D eigenvalue weighted by Crippen LogP contribution is 2.28. The van der Waals surface area contributed by atoms with Crippen molar-refractivity contribution in [1.29, 1.82) is 0 Å². The van der Waals surface area contributed by atoms with Gasteiger partial charge in [0.2, 0.25) is 0 Å². The van der Waals surface area contributed by atoms with Crippen molar-refractivity contribution in [3.8, 4) is 0 Å². The molecule has 128 valence electrons. The van der Waals surface area contributed by atoms with Crippen LogP contribution in [0.25, 0.3) is 0 Å². The molecule has 1 aromatic rings. The van der Waals surface area contributed by atoms with Crippen LogP contribution < -0.4 is 10.6 Å². The van der Waals surface area contributed by atoms with E-state index in [9.17, 15) is 9.90 Å². The number of urea groups is 1. The standard InChI is InChI=1S/C18H29N3O2/c1-15(12-21(2)13-16-8-4-3-5-9-16)20-17(22)19-14-18(23)10-6-7-11-18/h3-5,8-9,15,23H,6-7,10-14H2,1-2H3,(H2,19,20,22). The van der Waals surface area contributed by atoms with Crippen molar-refractivity contribution in [3.63, 3.8) is 0 Å². The van der Waals surface area contributed by atoms with Gasteiger partial charge in [0.15, 0.2) is 0 Å². The van der Waals surface area contributed by atoms with Crippen LogP contribution in [0.1, 0.15) is 38.2 Å². The predicted molar refractivity (Wildman–Crippen MR) is 92.2 cm³/mol. The third-order valence-electron chi connectivity index (χ3n) is 4.37. The van der Waals surface area contributed by atoms with E-state index in [1.165, 1.54) is 5.56 Å². The van der Waals surface area contributed by atoms with E-state index in [-0.39, 0.29) is 12.1 Å². The first-order chi connectivity index (χ1) is 11.0. The van der Waals surface area contributed by atoms with E-state index < -0.39 is 5.60 Å². The molecule has 5 heteroatoms. The van der Waals surface area contributed by atoms with E-state index in [1.807, 2.05) is 32.2 Å². The van der Waals surface area contributed by atoms with Gasteiger partial charge in [-0.2, -0.15) is 0 Å². The lowest BCUT2D eigenvalue weighted by Crippen LogP contribution is -2.49. The molecule has 1 saturated carbocycles. The van der Waals surface area contributed by atoms with Crippen molar-refractivity contribution in [1.82, 2.24) is 15.5 Å². The van der Waals surface area contributed by atoms with Gasteiger partial charge in [-0.3, -0.25) is 0 Å². The minimum atomic E-state index is -0.704. The molecule has 0 spiro atoms. The van der Waals surface area contributed by atoms with Gasteiger partial charge in [0, 0.05) is 25.7 Å². The van der Waals surface area contributed by atoms with E-state index >= 15 is 0 Å². The zero-order valence-electron chi connectivity index (χ0n) is 14.2. The van der Waals surface area contributed by atoms with Gasteiger partial charge in [0.1, 0.15) is 0 Å². The molecule has 1 unspecified atom stereocenters. The fourth-order valence-electron chi connectivity index (χ4n) is 3.20. The zero-order chi connectivity index (χ0) is 16.7. The van der Waals surface area contributed by atoms with Crippen LogP contribution in [0.15, 0.2) is 30.3 Å². The van der Waals surface area contributed by atoms with Gasteiger partial charge < -0.3 is 20.6 Å². The molecule has 23 heavy (non-hydrogen) atoms. The molecule has 0 bridgehead atoms. The van der Waals surface area contributed by atoms with Gasteiger partial charge in [-0.05, 0) is 32.4 Å². The molecular formula is C18H29N3O2. The Labute approximate surface area is 139 Å². The molecule has 0 heterocycles. The predicted octanol–water partition coefficient (Wildman–Crippen LogP) is 2.11. The summed E-state index contributed by atoms with van der Waals surface area (Å²) in [6.45, 7) is 3.96. The molecule has 1 aromatic carbocycles. The molecule has 1 aliphatic carbocycles. The van der Waals surface area contributed by atoms with Gasteiger partial charge in [-0.15, -0.1) is 0 Å². The van der Waals surface area contributed by atoms with Crippen molar-refractivity contribution in [2.45, 2.75) is 50.8 Å². The molecule has 5 nitrogen and oxygen atoms in total. The molecule has 0 radical (unpaired) electrons. The van der Waals surface area contributed by atoms with E-state index in [4.69, 9.17) is 0 Å². The summed E-state index contributed by atoms with van der Waals surface area (Å²) in [4.78, 5) is 14.1. The van der Waals surface area contributed by atoms with Crippen molar-refractivity contribution in [2.24, 2.45) is 0 Å². The molecule has 2 rings (SSSR count). The van der Waals surface area contributed by atoms with Crippen molar-refractivity contribution < 1.29 is 9.90 Å². The minimum absolute atomic E-state index is 0.0435. The average Bonchev–Trinajstić information content (AvgIpc) is 2.93. The van der Waals surface area contributed by atoms with Crippen molar-refractivity contribution in [2.75, 3.05) is 20.1 Å². The van der Waals surface area contributed by atoms with Crippen molar-refractivity contribution >= 4 is 6.03 Å². The second-order valence-electron chi connectivity index (χ2n) is 6.84. The number of nitrogens with one attached hydrogen (secondary N) is 2. The normalized spacial score (nSPS) is 17.9. The molecule has 2 amide bonds. The summed E-state index contributed by atoms with van der Waals surface area (Å²) >= 11 is 0. The summed E-state index contributed by atoms with van der Waals surface area (Å²) in [5.41, 5.74) is 0.556. The number of amides is 2. The molecule has 3 N–H and O–H groups in total. The first kappa shape index (κ1) is 17.8. The van der Waals surface area contributed by atoms with Gasteiger partial charge in [-0.25, -0.2) is 4.79 Å². The van der Waals surface area contributed by atoms with Crippen LogP contribution in [-0.4, -0.2) is 47.8 Å². The Bertz CT molecular complexity index is 486. The van der Waals surface area contributed by atoms with Gasteiger partial charge in [0.25, 0.3) is 0 Å². The molecule has 0 saturated heterocycles. The number of carbonyl (C=O) groups is 1. The number of aliphatic hydroxyl groups is 1. The third-order valence-corrected chi connectivity index (χ3v) is 4.37. The number of nitrogens with zero attached hydrogens (tertiary/aromatic N) is 1. The van der Waals surface area contributed by atoms with E-state index in [2.05, 4.69) is 27.7 Å². The largest absolute Gasteiger partial charge is 0.388 e. The smallest absolute Gasteiger partial charge is 0.315 e. The number of hydrogen-bond donors (Lipinski definition) is 3. The summed E-state index contributed by atoms with van der Waals surface area (Å²) in [6, 6.07) is 10.1. The van der Waals surface area contributed by atoms with Gasteiger partial charge in [0.05, 0.1) is 5.60 Å².